The second-order valence-electron chi connectivity index (χ2n) is 6.15. The van der Waals surface area contributed by atoms with Gasteiger partial charge in [0.1, 0.15) is 0 Å². The van der Waals surface area contributed by atoms with E-state index < -0.39 is 0 Å². The number of rotatable bonds is 6. The topological polar surface area (TPSA) is 18.5 Å². The van der Waals surface area contributed by atoms with E-state index in [2.05, 4.69) is 49.9 Å². The molecule has 1 aliphatic heterocycles. The van der Waals surface area contributed by atoms with E-state index in [9.17, 15) is 0 Å². The molecule has 3 heteroatoms. The molecule has 3 nitrogen and oxygen atoms in total. The molecule has 1 rings (SSSR count). The predicted molar refractivity (Wildman–Crippen MR) is 80.1 cm³/mol. The van der Waals surface area contributed by atoms with Crippen molar-refractivity contribution in [1.29, 1.82) is 0 Å². The summed E-state index contributed by atoms with van der Waals surface area (Å²) in [5, 5.41) is 3.68. The lowest BCUT2D eigenvalue weighted by Gasteiger charge is -2.34. The molecule has 1 heterocycles. The summed E-state index contributed by atoms with van der Waals surface area (Å²) in [6, 6.07) is 1.98. The van der Waals surface area contributed by atoms with Crippen LogP contribution in [0.3, 0.4) is 0 Å². The first-order chi connectivity index (χ1) is 8.54. The van der Waals surface area contributed by atoms with Crippen molar-refractivity contribution in [3.05, 3.63) is 0 Å². The van der Waals surface area contributed by atoms with Crippen molar-refractivity contribution in [3.8, 4) is 0 Å². The Balaban J connectivity index is 2.37. The third-order valence-electron chi connectivity index (χ3n) is 4.15. The van der Waals surface area contributed by atoms with Crippen LogP contribution in [0, 0.1) is 0 Å². The predicted octanol–water partition coefficient (Wildman–Crippen LogP) is 2.18. The lowest BCUT2D eigenvalue weighted by atomic mass is 10.1. The van der Waals surface area contributed by atoms with Crippen LogP contribution in [-0.4, -0.2) is 61.2 Å². The zero-order chi connectivity index (χ0) is 13.5. The lowest BCUT2D eigenvalue weighted by molar-refractivity contribution is 0.147. The molecule has 3 unspecified atom stereocenters. The van der Waals surface area contributed by atoms with Gasteiger partial charge in [0.2, 0.25) is 0 Å². The van der Waals surface area contributed by atoms with E-state index in [0.29, 0.717) is 18.1 Å². The quantitative estimate of drug-likeness (QED) is 0.785. The van der Waals surface area contributed by atoms with E-state index in [0.717, 1.165) is 6.54 Å². The van der Waals surface area contributed by atoms with Crippen molar-refractivity contribution in [3.63, 3.8) is 0 Å². The fourth-order valence-electron chi connectivity index (χ4n) is 3.07. The summed E-state index contributed by atoms with van der Waals surface area (Å²) < 4.78 is 0. The van der Waals surface area contributed by atoms with Crippen LogP contribution >= 0.6 is 0 Å². The van der Waals surface area contributed by atoms with Crippen LogP contribution < -0.4 is 5.32 Å². The van der Waals surface area contributed by atoms with Gasteiger partial charge >= 0.3 is 0 Å². The third kappa shape index (κ3) is 5.25. The molecule has 0 aromatic heterocycles. The molecule has 0 aliphatic carbocycles. The van der Waals surface area contributed by atoms with Crippen molar-refractivity contribution >= 4 is 0 Å². The van der Waals surface area contributed by atoms with E-state index >= 15 is 0 Å². The Morgan fingerprint density at radius 1 is 1.28 bits per heavy atom. The minimum absolute atomic E-state index is 0.644. The summed E-state index contributed by atoms with van der Waals surface area (Å²) in [4.78, 5) is 5.14. The highest BCUT2D eigenvalue weighted by atomic mass is 15.3. The monoisotopic (exact) mass is 255 g/mol. The van der Waals surface area contributed by atoms with Gasteiger partial charge in [0.05, 0.1) is 0 Å². The van der Waals surface area contributed by atoms with Gasteiger partial charge in [-0.25, -0.2) is 0 Å². The van der Waals surface area contributed by atoms with Gasteiger partial charge in [-0.15, -0.1) is 0 Å². The van der Waals surface area contributed by atoms with Crippen LogP contribution in [0.4, 0.5) is 0 Å². The summed E-state index contributed by atoms with van der Waals surface area (Å²) in [6.45, 7) is 14.1. The van der Waals surface area contributed by atoms with Crippen molar-refractivity contribution in [2.24, 2.45) is 0 Å². The summed E-state index contributed by atoms with van der Waals surface area (Å²) in [6.07, 6.45) is 3.86. The number of nitrogens with zero attached hydrogens (tertiary/aromatic N) is 2. The van der Waals surface area contributed by atoms with Crippen molar-refractivity contribution in [1.82, 2.24) is 15.1 Å². The molecular formula is C15H33N3. The SMILES string of the molecule is CCCC(C)NCC(C)N1CCCN(C)CC1C. The summed E-state index contributed by atoms with van der Waals surface area (Å²) in [5.74, 6) is 0. The van der Waals surface area contributed by atoms with Crippen LogP contribution in [0.15, 0.2) is 0 Å². The highest BCUT2D eigenvalue weighted by Gasteiger charge is 2.23. The van der Waals surface area contributed by atoms with E-state index in [-0.39, 0.29) is 0 Å². The minimum Gasteiger partial charge on any atom is -0.313 e. The number of hydrogen-bond acceptors (Lipinski definition) is 3. The second-order valence-corrected chi connectivity index (χ2v) is 6.15. The maximum absolute atomic E-state index is 3.68. The molecule has 0 radical (unpaired) electrons. The summed E-state index contributed by atoms with van der Waals surface area (Å²) in [5.41, 5.74) is 0. The smallest absolute Gasteiger partial charge is 0.0198 e. The highest BCUT2D eigenvalue weighted by Crippen LogP contribution is 2.12. The van der Waals surface area contributed by atoms with E-state index in [4.69, 9.17) is 0 Å². The summed E-state index contributed by atoms with van der Waals surface area (Å²) >= 11 is 0. The second kappa shape index (κ2) is 8.13. The highest BCUT2D eigenvalue weighted by molar-refractivity contribution is 4.81. The molecule has 1 fully saturated rings. The van der Waals surface area contributed by atoms with Crippen LogP contribution in [0.5, 0.6) is 0 Å². The van der Waals surface area contributed by atoms with Crippen molar-refractivity contribution in [2.75, 3.05) is 33.2 Å². The molecule has 1 saturated heterocycles. The van der Waals surface area contributed by atoms with Gasteiger partial charge in [0.25, 0.3) is 0 Å². The van der Waals surface area contributed by atoms with Gasteiger partial charge in [0.15, 0.2) is 0 Å². The zero-order valence-electron chi connectivity index (χ0n) is 13.1. The largest absolute Gasteiger partial charge is 0.313 e. The molecular weight excluding hydrogens is 222 g/mol. The fourth-order valence-corrected chi connectivity index (χ4v) is 3.07. The first-order valence-electron chi connectivity index (χ1n) is 7.72. The normalized spacial score (nSPS) is 26.8. The van der Waals surface area contributed by atoms with Gasteiger partial charge in [0, 0.05) is 37.8 Å². The van der Waals surface area contributed by atoms with Crippen LogP contribution in [0.25, 0.3) is 0 Å². The zero-order valence-corrected chi connectivity index (χ0v) is 13.1. The minimum atomic E-state index is 0.644. The first-order valence-corrected chi connectivity index (χ1v) is 7.72. The molecule has 108 valence electrons. The lowest BCUT2D eigenvalue weighted by Crippen LogP contribution is -2.48. The molecule has 1 N–H and O–H groups in total. The average molecular weight is 255 g/mol. The maximum Gasteiger partial charge on any atom is 0.0198 e. The molecule has 3 atom stereocenters. The third-order valence-corrected chi connectivity index (χ3v) is 4.15. The Hall–Kier alpha value is -0.120. The van der Waals surface area contributed by atoms with Gasteiger partial charge in [-0.1, -0.05) is 13.3 Å². The van der Waals surface area contributed by atoms with Crippen LogP contribution in [0.1, 0.15) is 47.0 Å². The Labute approximate surface area is 114 Å². The molecule has 0 saturated carbocycles. The van der Waals surface area contributed by atoms with Crippen LogP contribution in [0.2, 0.25) is 0 Å². The Kier molecular flexibility index (Phi) is 7.20. The molecule has 1 aliphatic rings. The fraction of sp³-hybridized carbons (Fsp3) is 1.00. The molecule has 18 heavy (non-hydrogen) atoms. The first kappa shape index (κ1) is 15.9. The number of nitrogens with one attached hydrogen (secondary N) is 1. The maximum atomic E-state index is 3.68. The molecule has 0 amide bonds. The molecule has 0 aromatic rings. The standard InChI is InChI=1S/C15H33N3/c1-6-8-13(2)16-11-14(3)18-10-7-9-17(5)12-15(18)4/h13-16H,6-12H2,1-5H3. The summed E-state index contributed by atoms with van der Waals surface area (Å²) in [7, 11) is 2.24. The van der Waals surface area contributed by atoms with Gasteiger partial charge in [-0.2, -0.15) is 0 Å². The van der Waals surface area contributed by atoms with E-state index in [1.54, 1.807) is 0 Å². The molecule has 0 aromatic carbocycles. The Bertz CT molecular complexity index is 220. The van der Waals surface area contributed by atoms with Crippen molar-refractivity contribution in [2.45, 2.75) is 65.1 Å². The molecule has 0 spiro atoms. The van der Waals surface area contributed by atoms with E-state index in [1.807, 2.05) is 0 Å². The van der Waals surface area contributed by atoms with E-state index in [1.165, 1.54) is 38.9 Å². The number of likely N-dealkylation sites (N-methyl/N-ethyl adjacent to an activating group) is 1. The Morgan fingerprint density at radius 2 is 2.00 bits per heavy atom. The van der Waals surface area contributed by atoms with Gasteiger partial charge in [-0.05, 0) is 47.2 Å². The average Bonchev–Trinajstić information content (AvgIpc) is 2.47. The van der Waals surface area contributed by atoms with Crippen LogP contribution in [-0.2, 0) is 0 Å². The van der Waals surface area contributed by atoms with Gasteiger partial charge in [-0.3, -0.25) is 4.90 Å². The number of hydrogen-bond donors (Lipinski definition) is 1. The molecule has 0 bridgehead atoms. The Morgan fingerprint density at radius 3 is 2.67 bits per heavy atom. The van der Waals surface area contributed by atoms with Gasteiger partial charge < -0.3 is 10.2 Å². The van der Waals surface area contributed by atoms with Crippen molar-refractivity contribution < 1.29 is 0 Å².